The van der Waals surface area contributed by atoms with E-state index in [1.807, 2.05) is 12.1 Å². The molecular weight excluding hydrogens is 370 g/mol. The minimum Gasteiger partial charge on any atom is -0.347 e. The largest absolute Gasteiger partial charge is 0.347 e. The van der Waals surface area contributed by atoms with Crippen molar-refractivity contribution in [1.82, 2.24) is 15.1 Å². The number of guanidine groups is 1. The van der Waals surface area contributed by atoms with E-state index in [0.29, 0.717) is 12.5 Å². The summed E-state index contributed by atoms with van der Waals surface area (Å²) in [5.74, 6) is 0.624. The Kier molecular flexibility index (Phi) is 6.43. The highest BCUT2D eigenvalue weighted by molar-refractivity contribution is 5.86. The second-order valence-corrected chi connectivity index (χ2v) is 7.15. The number of carbonyl (C=O) groups is 1. The van der Waals surface area contributed by atoms with Gasteiger partial charge < -0.3 is 15.1 Å². The molecule has 0 aliphatic carbocycles. The average molecular weight is 395 g/mol. The number of hydrogen-bond donors (Lipinski definition) is 1. The molecule has 0 unspecified atom stereocenters. The summed E-state index contributed by atoms with van der Waals surface area (Å²) in [5.41, 5.74) is 3.51. The topological polar surface area (TPSA) is 91.1 Å². The lowest BCUT2D eigenvalue weighted by Crippen LogP contribution is -2.47. The SMILES string of the molecule is CN(C)C(=O)CNC(=NCc1ccc([N+](=O)[O-])cc1)N1CCc2ccccc2C1. The van der Waals surface area contributed by atoms with Crippen molar-refractivity contribution in [3.05, 3.63) is 75.3 Å². The molecule has 1 amide bonds. The van der Waals surface area contributed by atoms with E-state index in [-0.39, 0.29) is 18.1 Å². The van der Waals surface area contributed by atoms with Crippen LogP contribution in [-0.2, 0) is 24.3 Å². The number of carbonyl (C=O) groups excluding carboxylic acids is 1. The molecular formula is C21H25N5O3. The van der Waals surface area contributed by atoms with Crippen molar-refractivity contribution in [2.45, 2.75) is 19.5 Å². The Balaban J connectivity index is 1.76. The molecule has 0 spiro atoms. The average Bonchev–Trinajstić information content (AvgIpc) is 2.73. The first-order valence-corrected chi connectivity index (χ1v) is 9.47. The fraction of sp³-hybridized carbons (Fsp3) is 0.333. The van der Waals surface area contributed by atoms with E-state index in [9.17, 15) is 14.9 Å². The number of nitro benzene ring substituents is 1. The maximum atomic E-state index is 12.0. The van der Waals surface area contributed by atoms with Crippen LogP contribution in [0.2, 0.25) is 0 Å². The standard InChI is InChI=1S/C21H25N5O3/c1-24(2)20(27)14-23-21(22-13-16-7-9-19(10-8-16)26(28)29)25-12-11-17-5-3-4-6-18(17)15-25/h3-10H,11-15H2,1-2H3,(H,22,23). The fourth-order valence-corrected chi connectivity index (χ4v) is 3.15. The molecule has 0 saturated carbocycles. The number of aliphatic imine (C=N–C) groups is 1. The van der Waals surface area contributed by atoms with Crippen LogP contribution in [0.15, 0.2) is 53.5 Å². The minimum atomic E-state index is -0.419. The van der Waals surface area contributed by atoms with Crippen molar-refractivity contribution in [1.29, 1.82) is 0 Å². The molecule has 152 valence electrons. The van der Waals surface area contributed by atoms with Crippen molar-refractivity contribution in [3.8, 4) is 0 Å². The molecule has 8 nitrogen and oxygen atoms in total. The summed E-state index contributed by atoms with van der Waals surface area (Å²) < 4.78 is 0. The molecule has 2 aromatic rings. The molecule has 1 aliphatic heterocycles. The number of rotatable bonds is 5. The van der Waals surface area contributed by atoms with Crippen LogP contribution in [0.3, 0.4) is 0 Å². The van der Waals surface area contributed by atoms with E-state index in [4.69, 9.17) is 0 Å². The van der Waals surface area contributed by atoms with Gasteiger partial charge in [-0.1, -0.05) is 36.4 Å². The highest BCUT2D eigenvalue weighted by Gasteiger charge is 2.19. The monoisotopic (exact) mass is 395 g/mol. The second kappa shape index (κ2) is 9.18. The smallest absolute Gasteiger partial charge is 0.269 e. The Labute approximate surface area is 170 Å². The third-order valence-corrected chi connectivity index (χ3v) is 4.89. The van der Waals surface area contributed by atoms with Crippen LogP contribution in [0, 0.1) is 10.1 Å². The van der Waals surface area contributed by atoms with Gasteiger partial charge in [0, 0.05) is 39.3 Å². The number of benzene rings is 2. The molecule has 8 heteroatoms. The number of nitrogens with zero attached hydrogens (tertiary/aromatic N) is 4. The lowest BCUT2D eigenvalue weighted by molar-refractivity contribution is -0.384. The molecule has 1 heterocycles. The molecule has 0 fully saturated rings. The van der Waals surface area contributed by atoms with Gasteiger partial charge >= 0.3 is 0 Å². The summed E-state index contributed by atoms with van der Waals surface area (Å²) in [6, 6.07) is 14.7. The zero-order chi connectivity index (χ0) is 20.8. The summed E-state index contributed by atoms with van der Waals surface area (Å²) in [6.45, 7) is 2.05. The first-order chi connectivity index (χ1) is 13.9. The van der Waals surface area contributed by atoms with Crippen LogP contribution in [-0.4, -0.2) is 53.8 Å². The van der Waals surface area contributed by atoms with Gasteiger partial charge in [0.25, 0.3) is 5.69 Å². The van der Waals surface area contributed by atoms with Crippen molar-refractivity contribution in [3.63, 3.8) is 0 Å². The van der Waals surface area contributed by atoms with Crippen molar-refractivity contribution in [2.75, 3.05) is 27.2 Å². The van der Waals surface area contributed by atoms with Gasteiger partial charge in [-0.25, -0.2) is 4.99 Å². The number of likely N-dealkylation sites (N-methyl/N-ethyl adjacent to an activating group) is 1. The zero-order valence-electron chi connectivity index (χ0n) is 16.7. The van der Waals surface area contributed by atoms with Crippen LogP contribution in [0.25, 0.3) is 0 Å². The van der Waals surface area contributed by atoms with Gasteiger partial charge in [0.15, 0.2) is 5.96 Å². The maximum absolute atomic E-state index is 12.0. The van der Waals surface area contributed by atoms with E-state index in [1.54, 1.807) is 26.2 Å². The third-order valence-electron chi connectivity index (χ3n) is 4.89. The molecule has 2 aromatic carbocycles. The third kappa shape index (κ3) is 5.31. The van der Waals surface area contributed by atoms with Gasteiger partial charge in [0.2, 0.25) is 5.91 Å². The summed E-state index contributed by atoms with van der Waals surface area (Å²) in [4.78, 5) is 30.8. The molecule has 29 heavy (non-hydrogen) atoms. The molecule has 0 radical (unpaired) electrons. The number of hydrogen-bond acceptors (Lipinski definition) is 4. The van der Waals surface area contributed by atoms with Gasteiger partial charge in [-0.3, -0.25) is 14.9 Å². The van der Waals surface area contributed by atoms with Crippen LogP contribution >= 0.6 is 0 Å². The summed E-state index contributed by atoms with van der Waals surface area (Å²) in [6.07, 6.45) is 0.913. The van der Waals surface area contributed by atoms with E-state index in [1.165, 1.54) is 28.2 Å². The Morgan fingerprint density at radius 1 is 1.17 bits per heavy atom. The number of amides is 1. The number of nitrogens with one attached hydrogen (secondary N) is 1. The van der Waals surface area contributed by atoms with Gasteiger partial charge in [0.05, 0.1) is 18.0 Å². The zero-order valence-corrected chi connectivity index (χ0v) is 16.7. The van der Waals surface area contributed by atoms with Gasteiger partial charge in [-0.15, -0.1) is 0 Å². The predicted octanol–water partition coefficient (Wildman–Crippen LogP) is 2.19. The fourth-order valence-electron chi connectivity index (χ4n) is 3.15. The lowest BCUT2D eigenvalue weighted by Gasteiger charge is -2.32. The van der Waals surface area contributed by atoms with Crippen molar-refractivity contribution >= 4 is 17.6 Å². The highest BCUT2D eigenvalue weighted by Crippen LogP contribution is 2.19. The number of nitro groups is 1. The maximum Gasteiger partial charge on any atom is 0.269 e. The number of fused-ring (bicyclic) bond motifs is 1. The highest BCUT2D eigenvalue weighted by atomic mass is 16.6. The van der Waals surface area contributed by atoms with Crippen LogP contribution in [0.4, 0.5) is 5.69 Å². The molecule has 1 aliphatic rings. The summed E-state index contributed by atoms with van der Waals surface area (Å²) >= 11 is 0. The van der Waals surface area contributed by atoms with Gasteiger partial charge in [-0.2, -0.15) is 0 Å². The van der Waals surface area contributed by atoms with E-state index >= 15 is 0 Å². The van der Waals surface area contributed by atoms with Gasteiger partial charge in [-0.05, 0) is 23.1 Å². The lowest BCUT2D eigenvalue weighted by atomic mass is 10.0. The molecule has 1 N–H and O–H groups in total. The van der Waals surface area contributed by atoms with Crippen LogP contribution in [0.1, 0.15) is 16.7 Å². The van der Waals surface area contributed by atoms with Crippen molar-refractivity contribution < 1.29 is 9.72 Å². The summed E-state index contributed by atoms with van der Waals surface area (Å²) in [7, 11) is 3.43. The number of non-ortho nitro benzene ring substituents is 1. The second-order valence-electron chi connectivity index (χ2n) is 7.15. The van der Waals surface area contributed by atoms with Crippen LogP contribution < -0.4 is 5.32 Å². The van der Waals surface area contributed by atoms with Gasteiger partial charge in [0.1, 0.15) is 0 Å². The normalized spacial score (nSPS) is 13.6. The molecule has 3 rings (SSSR count). The summed E-state index contributed by atoms with van der Waals surface area (Å²) in [5, 5.41) is 14.0. The Morgan fingerprint density at radius 2 is 1.86 bits per heavy atom. The van der Waals surface area contributed by atoms with E-state index in [2.05, 4.69) is 27.3 Å². The Hall–Kier alpha value is -3.42. The minimum absolute atomic E-state index is 0.0366. The molecule has 0 saturated heterocycles. The van der Waals surface area contributed by atoms with Crippen LogP contribution in [0.5, 0.6) is 0 Å². The van der Waals surface area contributed by atoms with E-state index in [0.717, 1.165) is 25.1 Å². The Morgan fingerprint density at radius 3 is 2.52 bits per heavy atom. The molecule has 0 bridgehead atoms. The van der Waals surface area contributed by atoms with E-state index < -0.39 is 4.92 Å². The first-order valence-electron chi connectivity index (χ1n) is 9.47. The Bertz CT molecular complexity index is 909. The quantitative estimate of drug-likeness (QED) is 0.363. The molecule has 0 atom stereocenters. The van der Waals surface area contributed by atoms with Crippen molar-refractivity contribution in [2.24, 2.45) is 4.99 Å². The first kappa shape index (κ1) is 20.3. The molecule has 0 aromatic heterocycles. The predicted molar refractivity (Wildman–Crippen MR) is 111 cm³/mol.